The van der Waals surface area contributed by atoms with E-state index in [1.165, 1.54) is 12.1 Å². The third-order valence-electron chi connectivity index (χ3n) is 4.62. The fraction of sp³-hybridized carbons (Fsp3) is 0.263. The van der Waals surface area contributed by atoms with Gasteiger partial charge in [-0.3, -0.25) is 4.79 Å². The highest BCUT2D eigenvalue weighted by Crippen LogP contribution is 2.30. The Morgan fingerprint density at radius 1 is 1.26 bits per heavy atom. The lowest BCUT2D eigenvalue weighted by Gasteiger charge is -2.31. The van der Waals surface area contributed by atoms with Crippen LogP contribution in [0, 0.1) is 28.8 Å². The highest BCUT2D eigenvalue weighted by molar-refractivity contribution is 6.32. The van der Waals surface area contributed by atoms with Gasteiger partial charge in [-0.2, -0.15) is 5.26 Å². The van der Waals surface area contributed by atoms with Gasteiger partial charge in [0.05, 0.1) is 16.6 Å². The Bertz CT molecular complexity index is 945. The summed E-state index contributed by atoms with van der Waals surface area (Å²) < 4.78 is 41.0. The van der Waals surface area contributed by atoms with Crippen LogP contribution in [0.2, 0.25) is 5.02 Å². The second-order valence-corrected chi connectivity index (χ2v) is 6.78. The van der Waals surface area contributed by atoms with Gasteiger partial charge in [-0.25, -0.2) is 13.2 Å². The van der Waals surface area contributed by atoms with Crippen molar-refractivity contribution in [2.45, 2.75) is 19.0 Å². The van der Waals surface area contributed by atoms with Gasteiger partial charge in [0.25, 0.3) is 0 Å². The molecule has 0 saturated carbocycles. The van der Waals surface area contributed by atoms with Gasteiger partial charge >= 0.3 is 0 Å². The lowest BCUT2D eigenvalue weighted by Crippen LogP contribution is -2.37. The van der Waals surface area contributed by atoms with E-state index in [0.717, 1.165) is 6.07 Å². The van der Waals surface area contributed by atoms with Crippen LogP contribution in [0.15, 0.2) is 30.3 Å². The van der Waals surface area contributed by atoms with E-state index in [2.05, 4.69) is 0 Å². The van der Waals surface area contributed by atoms with Crippen LogP contribution in [-0.2, 0) is 11.3 Å². The molecule has 27 heavy (non-hydrogen) atoms. The number of likely N-dealkylation sites (tertiary alicyclic amines) is 1. The number of rotatable bonds is 4. The minimum atomic E-state index is -1.54. The van der Waals surface area contributed by atoms with E-state index in [4.69, 9.17) is 16.9 Å². The zero-order valence-corrected chi connectivity index (χ0v) is 15.1. The Hall–Kier alpha value is -2.72. The van der Waals surface area contributed by atoms with Crippen LogP contribution >= 0.6 is 11.6 Å². The molecule has 0 bridgehead atoms. The Balaban J connectivity index is 2.01. The number of hydrogen-bond acceptors (Lipinski definition) is 3. The van der Waals surface area contributed by atoms with Gasteiger partial charge in [0.15, 0.2) is 17.5 Å². The van der Waals surface area contributed by atoms with Gasteiger partial charge in [-0.05, 0) is 24.3 Å². The molecule has 1 amide bonds. The molecule has 2 aromatic rings. The summed E-state index contributed by atoms with van der Waals surface area (Å²) in [7, 11) is 1.66. The number of likely N-dealkylation sites (N-methyl/N-ethyl adjacent to an activating group) is 1. The summed E-state index contributed by atoms with van der Waals surface area (Å²) in [6, 6.07) is 8.38. The molecular formula is C19H15ClF3N3O. The van der Waals surface area contributed by atoms with Crippen molar-refractivity contribution in [2.75, 3.05) is 18.5 Å². The summed E-state index contributed by atoms with van der Waals surface area (Å²) in [5.41, 5.74) is 0.784. The average molecular weight is 394 g/mol. The molecule has 0 radical (unpaired) electrons. The number of halogens is 4. The zero-order chi connectivity index (χ0) is 19.7. The van der Waals surface area contributed by atoms with Crippen molar-refractivity contribution in [1.29, 1.82) is 5.26 Å². The van der Waals surface area contributed by atoms with Crippen molar-refractivity contribution < 1.29 is 18.0 Å². The molecule has 8 heteroatoms. The molecular weight excluding hydrogens is 379 g/mol. The fourth-order valence-corrected chi connectivity index (χ4v) is 3.34. The number of nitrogens with zero attached hydrogens (tertiary/aromatic N) is 3. The predicted octanol–water partition coefficient (Wildman–Crippen LogP) is 3.87. The molecule has 0 spiro atoms. The highest BCUT2D eigenvalue weighted by Gasteiger charge is 2.32. The molecule has 0 unspecified atom stereocenters. The van der Waals surface area contributed by atoms with Gasteiger partial charge in [-0.1, -0.05) is 17.7 Å². The van der Waals surface area contributed by atoms with Crippen molar-refractivity contribution in [3.63, 3.8) is 0 Å². The average Bonchev–Trinajstić information content (AvgIpc) is 2.97. The topological polar surface area (TPSA) is 47.3 Å². The van der Waals surface area contributed by atoms with Crippen molar-refractivity contribution in [3.8, 4) is 6.07 Å². The first-order valence-electron chi connectivity index (χ1n) is 8.14. The summed E-state index contributed by atoms with van der Waals surface area (Å²) in [5.74, 6) is -4.14. The van der Waals surface area contributed by atoms with Crippen LogP contribution in [-0.4, -0.2) is 30.4 Å². The molecule has 0 aromatic heterocycles. The molecule has 3 rings (SSSR count). The molecule has 1 atom stereocenters. The number of amides is 1. The lowest BCUT2D eigenvalue weighted by molar-refractivity contribution is -0.126. The van der Waals surface area contributed by atoms with E-state index >= 15 is 0 Å². The molecule has 1 fully saturated rings. The quantitative estimate of drug-likeness (QED) is 0.741. The first-order valence-corrected chi connectivity index (χ1v) is 8.52. The van der Waals surface area contributed by atoms with E-state index in [9.17, 15) is 18.0 Å². The van der Waals surface area contributed by atoms with E-state index in [1.54, 1.807) is 29.0 Å². The van der Waals surface area contributed by atoms with E-state index < -0.39 is 17.5 Å². The SMILES string of the molecule is CN1C[C@@H](N(Cc2ccc(F)c(F)c2F)c2ccc(C#N)c(Cl)c2)CC1=O. The van der Waals surface area contributed by atoms with E-state index in [0.29, 0.717) is 12.2 Å². The van der Waals surface area contributed by atoms with Crippen molar-refractivity contribution in [1.82, 2.24) is 4.90 Å². The van der Waals surface area contributed by atoms with Gasteiger partial charge in [-0.15, -0.1) is 0 Å². The van der Waals surface area contributed by atoms with Crippen molar-refractivity contribution in [3.05, 3.63) is 63.9 Å². The number of carbonyl (C=O) groups excluding carboxylic acids is 1. The van der Waals surface area contributed by atoms with E-state index in [-0.39, 0.29) is 41.1 Å². The molecule has 1 aliphatic rings. The molecule has 0 N–H and O–H groups in total. The normalized spacial score (nSPS) is 16.5. The minimum Gasteiger partial charge on any atom is -0.362 e. The Morgan fingerprint density at radius 3 is 2.59 bits per heavy atom. The summed E-state index contributed by atoms with van der Waals surface area (Å²) in [6.45, 7) is 0.304. The Morgan fingerprint density at radius 2 is 2.00 bits per heavy atom. The molecule has 1 saturated heterocycles. The number of anilines is 1. The summed E-state index contributed by atoms with van der Waals surface area (Å²) in [4.78, 5) is 15.2. The maximum Gasteiger partial charge on any atom is 0.224 e. The smallest absolute Gasteiger partial charge is 0.224 e. The standard InChI is InChI=1S/C19H15ClF3N3O/c1-25-10-14(7-17(25)27)26(13-4-2-11(8-24)15(20)6-13)9-12-3-5-16(21)19(23)18(12)22/h2-6,14H,7,9-10H2,1H3/t14-/m0/s1. The lowest BCUT2D eigenvalue weighted by atomic mass is 10.1. The molecule has 140 valence electrons. The first-order chi connectivity index (χ1) is 12.8. The minimum absolute atomic E-state index is 0.0450. The largest absolute Gasteiger partial charge is 0.362 e. The molecule has 0 aliphatic carbocycles. The molecule has 2 aromatic carbocycles. The summed E-state index contributed by atoms with van der Waals surface area (Å²) in [5, 5.41) is 9.24. The third-order valence-corrected chi connectivity index (χ3v) is 4.93. The van der Waals surface area contributed by atoms with Crippen LogP contribution in [0.25, 0.3) is 0 Å². The molecule has 1 heterocycles. The zero-order valence-electron chi connectivity index (χ0n) is 14.3. The number of nitriles is 1. The van der Waals surface area contributed by atoms with E-state index in [1.807, 2.05) is 6.07 Å². The third kappa shape index (κ3) is 3.71. The van der Waals surface area contributed by atoms with Gasteiger partial charge in [0.1, 0.15) is 6.07 Å². The van der Waals surface area contributed by atoms with Gasteiger partial charge < -0.3 is 9.80 Å². The summed E-state index contributed by atoms with van der Waals surface area (Å²) in [6.07, 6.45) is 0.194. The van der Waals surface area contributed by atoms with Crippen LogP contribution < -0.4 is 4.90 Å². The number of hydrogen-bond donors (Lipinski definition) is 0. The van der Waals surface area contributed by atoms with Gasteiger partial charge in [0.2, 0.25) is 5.91 Å². The molecule has 4 nitrogen and oxygen atoms in total. The Kier molecular flexibility index (Phi) is 5.29. The number of benzene rings is 2. The van der Waals surface area contributed by atoms with Crippen molar-refractivity contribution >= 4 is 23.2 Å². The van der Waals surface area contributed by atoms with Crippen LogP contribution in [0.4, 0.5) is 18.9 Å². The monoisotopic (exact) mass is 393 g/mol. The van der Waals surface area contributed by atoms with Crippen LogP contribution in [0.3, 0.4) is 0 Å². The fourth-order valence-electron chi connectivity index (χ4n) is 3.12. The van der Waals surface area contributed by atoms with Crippen LogP contribution in [0.1, 0.15) is 17.5 Å². The molecule has 1 aliphatic heterocycles. The van der Waals surface area contributed by atoms with Crippen molar-refractivity contribution in [2.24, 2.45) is 0 Å². The maximum absolute atomic E-state index is 14.2. The maximum atomic E-state index is 14.2. The number of carbonyl (C=O) groups is 1. The van der Waals surface area contributed by atoms with Gasteiger partial charge in [0, 0.05) is 37.8 Å². The Labute approximate surface area is 159 Å². The second kappa shape index (κ2) is 7.49. The second-order valence-electron chi connectivity index (χ2n) is 6.37. The summed E-state index contributed by atoms with van der Waals surface area (Å²) >= 11 is 6.11. The predicted molar refractivity (Wildman–Crippen MR) is 94.7 cm³/mol. The first kappa shape index (κ1) is 19.1. The highest BCUT2D eigenvalue weighted by atomic mass is 35.5. The van der Waals surface area contributed by atoms with Crippen LogP contribution in [0.5, 0.6) is 0 Å².